The Hall–Kier alpha value is -3.45. The van der Waals surface area contributed by atoms with E-state index >= 15 is 0 Å². The van der Waals surface area contributed by atoms with Crippen LogP contribution in [-0.2, 0) is 5.41 Å². The van der Waals surface area contributed by atoms with E-state index in [1.54, 1.807) is 0 Å². The van der Waals surface area contributed by atoms with E-state index in [1.165, 1.54) is 44.8 Å². The Bertz CT molecular complexity index is 1290. The lowest BCUT2D eigenvalue weighted by atomic mass is 9.71. The first-order chi connectivity index (χ1) is 15.1. The fraction of sp³-hybridized carbons (Fsp3) is 0.167. The van der Waals surface area contributed by atoms with Gasteiger partial charge in [-0.3, -0.25) is 0 Å². The minimum Gasteiger partial charge on any atom is -0.308 e. The van der Waals surface area contributed by atoms with E-state index in [2.05, 4.69) is 111 Å². The number of hydrogen-bond donors (Lipinski definition) is 1. The molecular formula is C30H27N. The first kappa shape index (κ1) is 19.5. The van der Waals surface area contributed by atoms with E-state index in [-0.39, 0.29) is 5.41 Å². The van der Waals surface area contributed by atoms with E-state index in [9.17, 15) is 0 Å². The summed E-state index contributed by atoms with van der Waals surface area (Å²) in [6.45, 7) is 4.65. The van der Waals surface area contributed by atoms with E-state index in [4.69, 9.17) is 5.41 Å². The molecular weight excluding hydrogens is 374 g/mol. The van der Waals surface area contributed by atoms with Gasteiger partial charge in [-0.1, -0.05) is 98.8 Å². The quantitative estimate of drug-likeness (QED) is 0.329. The lowest BCUT2D eigenvalue weighted by Gasteiger charge is -2.32. The lowest BCUT2D eigenvalue weighted by Crippen LogP contribution is -2.23. The first-order valence-corrected chi connectivity index (χ1v) is 11.0. The second-order valence-electron chi connectivity index (χ2n) is 9.17. The summed E-state index contributed by atoms with van der Waals surface area (Å²) >= 11 is 0. The molecule has 1 unspecified atom stereocenters. The molecule has 1 heteroatoms. The minimum atomic E-state index is -0.0904. The largest absolute Gasteiger partial charge is 0.308 e. The molecule has 5 rings (SSSR count). The molecule has 1 aliphatic carbocycles. The Balaban J connectivity index is 1.59. The van der Waals surface area contributed by atoms with Crippen LogP contribution < -0.4 is 0 Å². The van der Waals surface area contributed by atoms with E-state index < -0.39 is 0 Å². The Morgan fingerprint density at radius 2 is 1.45 bits per heavy atom. The van der Waals surface area contributed by atoms with Crippen molar-refractivity contribution in [3.8, 4) is 0 Å². The number of nitrogens with one attached hydrogen (secondary N) is 1. The number of hydrogen-bond acceptors (Lipinski definition) is 1. The molecule has 0 spiro atoms. The fourth-order valence-electron chi connectivity index (χ4n) is 5.11. The molecule has 1 N–H and O–H groups in total. The van der Waals surface area contributed by atoms with E-state index in [0.29, 0.717) is 5.92 Å². The van der Waals surface area contributed by atoms with Crippen molar-refractivity contribution < 1.29 is 0 Å². The maximum atomic E-state index is 8.08. The highest BCUT2D eigenvalue weighted by Gasteiger charge is 2.33. The van der Waals surface area contributed by atoms with Crippen molar-refractivity contribution in [2.75, 3.05) is 0 Å². The molecule has 4 aromatic carbocycles. The summed E-state index contributed by atoms with van der Waals surface area (Å²) in [5.74, 6) is 0.332. The summed E-state index contributed by atoms with van der Waals surface area (Å²) in [7, 11) is 0. The third-order valence-corrected chi connectivity index (χ3v) is 6.68. The molecule has 1 aliphatic rings. The van der Waals surface area contributed by atoms with E-state index in [0.717, 1.165) is 12.0 Å². The Morgan fingerprint density at radius 1 is 0.806 bits per heavy atom. The molecule has 1 atom stereocenters. The molecule has 0 aliphatic heterocycles. The summed E-state index contributed by atoms with van der Waals surface area (Å²) in [5.41, 5.74) is 7.60. The molecule has 4 aromatic rings. The summed E-state index contributed by atoms with van der Waals surface area (Å²) in [5, 5.41) is 10.5. The van der Waals surface area contributed by atoms with Gasteiger partial charge in [-0.05, 0) is 68.1 Å². The zero-order valence-electron chi connectivity index (χ0n) is 18.1. The van der Waals surface area contributed by atoms with Gasteiger partial charge >= 0.3 is 0 Å². The van der Waals surface area contributed by atoms with Gasteiger partial charge in [-0.2, -0.15) is 0 Å². The zero-order valence-corrected chi connectivity index (χ0v) is 18.1. The van der Waals surface area contributed by atoms with Crippen LogP contribution >= 0.6 is 0 Å². The van der Waals surface area contributed by atoms with Crippen LogP contribution in [0.15, 0.2) is 91.0 Å². The highest BCUT2D eigenvalue weighted by molar-refractivity contribution is 5.93. The molecule has 0 fully saturated rings. The molecule has 0 heterocycles. The highest BCUT2D eigenvalue weighted by Crippen LogP contribution is 2.48. The van der Waals surface area contributed by atoms with Crippen molar-refractivity contribution in [2.24, 2.45) is 0 Å². The zero-order chi connectivity index (χ0) is 21.4. The van der Waals surface area contributed by atoms with Gasteiger partial charge in [-0.25, -0.2) is 0 Å². The predicted octanol–water partition coefficient (Wildman–Crippen LogP) is 7.84. The molecule has 0 saturated heterocycles. The summed E-state index contributed by atoms with van der Waals surface area (Å²) in [6, 6.07) is 32.5. The molecule has 0 aromatic heterocycles. The maximum absolute atomic E-state index is 8.08. The van der Waals surface area contributed by atoms with Gasteiger partial charge < -0.3 is 5.41 Å². The number of benzene rings is 4. The average molecular weight is 402 g/mol. The first-order valence-electron chi connectivity index (χ1n) is 11.0. The molecule has 0 bridgehead atoms. The van der Waals surface area contributed by atoms with Gasteiger partial charge in [0.1, 0.15) is 0 Å². The van der Waals surface area contributed by atoms with Crippen LogP contribution in [0.3, 0.4) is 0 Å². The number of rotatable bonds is 5. The average Bonchev–Trinajstić information content (AvgIpc) is 3.16. The van der Waals surface area contributed by atoms with Gasteiger partial charge in [0, 0.05) is 12.1 Å². The molecule has 31 heavy (non-hydrogen) atoms. The highest BCUT2D eigenvalue weighted by atomic mass is 14.4. The maximum Gasteiger partial charge on any atom is 0.0253 e. The van der Waals surface area contributed by atoms with Crippen LogP contribution in [0.4, 0.5) is 0 Å². The molecule has 0 saturated carbocycles. The van der Waals surface area contributed by atoms with Gasteiger partial charge in [0.15, 0.2) is 0 Å². The van der Waals surface area contributed by atoms with Crippen LogP contribution in [0, 0.1) is 5.41 Å². The van der Waals surface area contributed by atoms with Crippen LogP contribution in [0.25, 0.3) is 22.4 Å². The molecule has 0 amide bonds. The smallest absolute Gasteiger partial charge is 0.0253 e. The summed E-state index contributed by atoms with van der Waals surface area (Å²) < 4.78 is 0. The second-order valence-corrected chi connectivity index (χ2v) is 9.17. The summed E-state index contributed by atoms with van der Waals surface area (Å²) in [4.78, 5) is 0. The van der Waals surface area contributed by atoms with Crippen molar-refractivity contribution >= 4 is 28.6 Å². The van der Waals surface area contributed by atoms with Crippen molar-refractivity contribution in [2.45, 2.75) is 31.6 Å². The lowest BCUT2D eigenvalue weighted by molar-refractivity contribution is 0.462. The third kappa shape index (κ3) is 3.51. The van der Waals surface area contributed by atoms with Crippen molar-refractivity contribution in [3.05, 3.63) is 119 Å². The molecule has 1 nitrogen and oxygen atoms in total. The van der Waals surface area contributed by atoms with E-state index in [1.807, 2.05) is 0 Å². The van der Waals surface area contributed by atoms with Gasteiger partial charge in [0.05, 0.1) is 0 Å². The van der Waals surface area contributed by atoms with Crippen molar-refractivity contribution in [1.29, 1.82) is 5.41 Å². The van der Waals surface area contributed by atoms with Crippen LogP contribution in [0.2, 0.25) is 0 Å². The Morgan fingerprint density at radius 3 is 2.19 bits per heavy atom. The van der Waals surface area contributed by atoms with Gasteiger partial charge in [-0.15, -0.1) is 0 Å². The van der Waals surface area contributed by atoms with Crippen LogP contribution in [-0.4, -0.2) is 6.21 Å². The Kier molecular flexibility index (Phi) is 4.82. The van der Waals surface area contributed by atoms with Crippen molar-refractivity contribution in [3.63, 3.8) is 0 Å². The fourth-order valence-corrected chi connectivity index (χ4v) is 5.11. The third-order valence-electron chi connectivity index (χ3n) is 6.68. The monoisotopic (exact) mass is 401 g/mol. The number of allylic oxidation sites excluding steroid dienone is 1. The van der Waals surface area contributed by atoms with Gasteiger partial charge in [0.25, 0.3) is 0 Å². The minimum absolute atomic E-state index is 0.0904. The molecule has 152 valence electrons. The molecule has 0 radical (unpaired) electrons. The number of fused-ring (bicyclic) bond motifs is 2. The Labute approximate surface area is 184 Å². The van der Waals surface area contributed by atoms with Crippen LogP contribution in [0.5, 0.6) is 0 Å². The van der Waals surface area contributed by atoms with Crippen LogP contribution in [0.1, 0.15) is 54.0 Å². The second kappa shape index (κ2) is 7.67. The normalized spacial score (nSPS) is 15.5. The SMILES string of the molecule is CC(C)(CC1C(c2ccccc2)=Cc2ccccc21)c1cc2ccccc2cc1C=N. The van der Waals surface area contributed by atoms with Gasteiger partial charge in [0.2, 0.25) is 0 Å². The van der Waals surface area contributed by atoms with Crippen molar-refractivity contribution in [1.82, 2.24) is 0 Å². The summed E-state index contributed by atoms with van der Waals surface area (Å²) in [6.07, 6.45) is 4.87. The topological polar surface area (TPSA) is 23.9 Å². The standard InChI is InChI=1S/C30H27N/c1-30(2,29-18-23-13-7-6-12-22(23)16-25(29)20-31)19-28-26-15-9-8-14-24(26)17-27(28)21-10-4-3-5-11-21/h3-18,20,28,31H,19H2,1-2H3. The predicted molar refractivity (Wildman–Crippen MR) is 133 cm³/mol.